The molecule has 4 nitrogen and oxygen atoms in total. The summed E-state index contributed by atoms with van der Waals surface area (Å²) in [5.41, 5.74) is 2.62. The van der Waals surface area contributed by atoms with Gasteiger partial charge in [0.15, 0.2) is 0 Å². The van der Waals surface area contributed by atoms with Crippen LogP contribution in [-0.4, -0.2) is 34.1 Å². The van der Waals surface area contributed by atoms with Gasteiger partial charge in [0, 0.05) is 36.9 Å². The molecule has 23 heavy (non-hydrogen) atoms. The molecule has 1 aliphatic heterocycles. The lowest BCUT2D eigenvalue weighted by atomic mass is 10.1. The minimum atomic E-state index is 0.220. The number of nitrogens with zero attached hydrogens (tertiary/aromatic N) is 3. The number of rotatable bonds is 5. The largest absolute Gasteiger partial charge is 0.471 e. The molecule has 3 heterocycles. The van der Waals surface area contributed by atoms with E-state index in [1.807, 2.05) is 0 Å². The Hall–Kier alpha value is -2.24. The maximum atomic E-state index is 5.77. The zero-order valence-electron chi connectivity index (χ0n) is 12.6. The zero-order valence-corrected chi connectivity index (χ0v) is 13.4. The Morgan fingerprint density at radius 2 is 2.00 bits per heavy atom. The van der Waals surface area contributed by atoms with E-state index in [9.17, 15) is 0 Å². The Morgan fingerprint density at radius 3 is 2.70 bits per heavy atom. The topological polar surface area (TPSA) is 38.2 Å². The van der Waals surface area contributed by atoms with Crippen LogP contribution in [0.25, 0.3) is 10.4 Å². The van der Waals surface area contributed by atoms with E-state index >= 15 is 0 Å². The summed E-state index contributed by atoms with van der Waals surface area (Å²) in [6.07, 6.45) is 5.18. The summed E-state index contributed by atoms with van der Waals surface area (Å²) in [6.45, 7) is 2.83. The Labute approximate surface area is 139 Å². The van der Waals surface area contributed by atoms with Crippen molar-refractivity contribution in [1.82, 2.24) is 14.9 Å². The summed E-state index contributed by atoms with van der Waals surface area (Å²) in [4.78, 5) is 11.8. The van der Waals surface area contributed by atoms with Crippen LogP contribution >= 0.6 is 11.3 Å². The van der Waals surface area contributed by atoms with Gasteiger partial charge in [-0.1, -0.05) is 30.3 Å². The third kappa shape index (κ3) is 3.41. The van der Waals surface area contributed by atoms with Crippen LogP contribution in [0.3, 0.4) is 0 Å². The molecule has 0 atom stereocenters. The van der Waals surface area contributed by atoms with Crippen molar-refractivity contribution in [2.24, 2.45) is 0 Å². The van der Waals surface area contributed by atoms with E-state index in [0.717, 1.165) is 19.6 Å². The molecule has 1 saturated heterocycles. The van der Waals surface area contributed by atoms with Crippen LogP contribution in [0.4, 0.5) is 0 Å². The molecule has 0 amide bonds. The predicted octanol–water partition coefficient (Wildman–Crippen LogP) is 3.47. The lowest BCUT2D eigenvalue weighted by molar-refractivity contribution is 0.0116. The number of ether oxygens (including phenoxy) is 1. The van der Waals surface area contributed by atoms with Crippen molar-refractivity contribution in [1.29, 1.82) is 0 Å². The van der Waals surface area contributed by atoms with Crippen LogP contribution in [0.2, 0.25) is 0 Å². The zero-order chi connectivity index (χ0) is 15.5. The monoisotopic (exact) mass is 323 g/mol. The maximum absolute atomic E-state index is 5.77. The van der Waals surface area contributed by atoms with Gasteiger partial charge in [-0.25, -0.2) is 4.98 Å². The van der Waals surface area contributed by atoms with Crippen molar-refractivity contribution in [2.75, 3.05) is 13.1 Å². The molecule has 1 fully saturated rings. The summed E-state index contributed by atoms with van der Waals surface area (Å²) in [5, 5.41) is 2.11. The number of aromatic nitrogens is 2. The molecule has 0 spiro atoms. The molecule has 0 aliphatic carbocycles. The molecular weight excluding hydrogens is 306 g/mol. The minimum absolute atomic E-state index is 0.220. The number of benzene rings is 1. The third-order valence-electron chi connectivity index (χ3n) is 3.92. The van der Waals surface area contributed by atoms with Crippen LogP contribution < -0.4 is 4.74 Å². The van der Waals surface area contributed by atoms with E-state index < -0.39 is 0 Å². The highest BCUT2D eigenvalue weighted by molar-refractivity contribution is 7.13. The number of hydrogen-bond donors (Lipinski definition) is 0. The summed E-state index contributed by atoms with van der Waals surface area (Å²) in [7, 11) is 0. The van der Waals surface area contributed by atoms with Crippen LogP contribution in [0.1, 0.15) is 5.56 Å². The Balaban J connectivity index is 1.29. The van der Waals surface area contributed by atoms with Gasteiger partial charge in [0.05, 0.1) is 6.20 Å². The molecule has 0 N–H and O–H groups in total. The van der Waals surface area contributed by atoms with E-state index in [1.54, 1.807) is 29.9 Å². The normalized spacial score (nSPS) is 15.3. The maximum Gasteiger partial charge on any atom is 0.232 e. The Morgan fingerprint density at radius 1 is 1.13 bits per heavy atom. The molecule has 2 aromatic heterocycles. The fraction of sp³-hybridized carbons (Fsp3) is 0.222. The van der Waals surface area contributed by atoms with Gasteiger partial charge in [0.2, 0.25) is 5.88 Å². The molecule has 1 aromatic carbocycles. The molecule has 0 unspecified atom stereocenters. The lowest BCUT2D eigenvalue weighted by Crippen LogP contribution is -2.53. The summed E-state index contributed by atoms with van der Waals surface area (Å²) in [6, 6.07) is 13.1. The molecule has 0 radical (unpaired) electrons. The van der Waals surface area contributed by atoms with Gasteiger partial charge in [-0.3, -0.25) is 9.88 Å². The average molecular weight is 323 g/mol. The third-order valence-corrected chi connectivity index (χ3v) is 4.84. The number of thiophene rings is 1. The minimum Gasteiger partial charge on any atom is -0.471 e. The van der Waals surface area contributed by atoms with Crippen molar-refractivity contribution < 1.29 is 4.74 Å². The van der Waals surface area contributed by atoms with Crippen molar-refractivity contribution in [3.8, 4) is 16.3 Å². The molecule has 4 rings (SSSR count). The van der Waals surface area contributed by atoms with Crippen LogP contribution in [0, 0.1) is 0 Å². The molecular formula is C18H17N3OS. The Kier molecular flexibility index (Phi) is 4.05. The fourth-order valence-corrected chi connectivity index (χ4v) is 3.45. The standard InChI is InChI=1S/C18H17N3OS/c1-2-17(23-9-1)15-5-3-14(4-6-15)11-21-12-16(13-21)22-18-10-19-7-8-20-18/h1-10,16H,11-13H2. The van der Waals surface area contributed by atoms with E-state index in [2.05, 4.69) is 56.6 Å². The van der Waals surface area contributed by atoms with Gasteiger partial charge in [0.1, 0.15) is 6.10 Å². The van der Waals surface area contributed by atoms with Crippen molar-refractivity contribution in [3.05, 3.63) is 65.9 Å². The van der Waals surface area contributed by atoms with Crippen molar-refractivity contribution >= 4 is 11.3 Å². The second-order valence-electron chi connectivity index (χ2n) is 5.65. The van der Waals surface area contributed by atoms with Crippen molar-refractivity contribution in [2.45, 2.75) is 12.6 Å². The highest BCUT2D eigenvalue weighted by Gasteiger charge is 2.28. The van der Waals surface area contributed by atoms with Crippen LogP contribution in [0.15, 0.2) is 60.4 Å². The molecule has 0 bridgehead atoms. The molecule has 3 aromatic rings. The Bertz CT molecular complexity index is 738. The van der Waals surface area contributed by atoms with Gasteiger partial charge in [-0.15, -0.1) is 11.3 Å². The highest BCUT2D eigenvalue weighted by Crippen LogP contribution is 2.25. The first kappa shape index (κ1) is 14.4. The van der Waals surface area contributed by atoms with Gasteiger partial charge in [-0.05, 0) is 22.6 Å². The van der Waals surface area contributed by atoms with E-state index in [-0.39, 0.29) is 6.10 Å². The summed E-state index contributed by atoms with van der Waals surface area (Å²) in [5.74, 6) is 0.609. The molecule has 116 valence electrons. The first-order chi connectivity index (χ1) is 11.4. The highest BCUT2D eigenvalue weighted by atomic mass is 32.1. The van der Waals surface area contributed by atoms with Crippen LogP contribution in [0.5, 0.6) is 5.88 Å². The number of hydrogen-bond acceptors (Lipinski definition) is 5. The van der Waals surface area contributed by atoms with Crippen LogP contribution in [-0.2, 0) is 6.54 Å². The van der Waals surface area contributed by atoms with Crippen molar-refractivity contribution in [3.63, 3.8) is 0 Å². The first-order valence-corrected chi connectivity index (χ1v) is 8.52. The first-order valence-electron chi connectivity index (χ1n) is 7.65. The van der Waals surface area contributed by atoms with Gasteiger partial charge < -0.3 is 4.74 Å². The smallest absolute Gasteiger partial charge is 0.232 e. The second-order valence-corrected chi connectivity index (χ2v) is 6.60. The molecule has 5 heteroatoms. The average Bonchev–Trinajstić information content (AvgIpc) is 3.09. The quantitative estimate of drug-likeness (QED) is 0.721. The lowest BCUT2D eigenvalue weighted by Gasteiger charge is -2.38. The van der Waals surface area contributed by atoms with E-state index in [4.69, 9.17) is 4.74 Å². The number of likely N-dealkylation sites (tertiary alicyclic amines) is 1. The van der Waals surface area contributed by atoms with Gasteiger partial charge in [0.25, 0.3) is 0 Å². The SMILES string of the molecule is c1csc(-c2ccc(CN3CC(Oc4cnccn4)C3)cc2)c1. The molecule has 0 saturated carbocycles. The molecule has 1 aliphatic rings. The second kappa shape index (κ2) is 6.48. The summed E-state index contributed by atoms with van der Waals surface area (Å²) >= 11 is 1.77. The van der Waals surface area contributed by atoms with E-state index in [0.29, 0.717) is 5.88 Å². The van der Waals surface area contributed by atoms with Gasteiger partial charge >= 0.3 is 0 Å². The van der Waals surface area contributed by atoms with Gasteiger partial charge in [-0.2, -0.15) is 0 Å². The fourth-order valence-electron chi connectivity index (χ4n) is 2.72. The predicted molar refractivity (Wildman–Crippen MR) is 91.5 cm³/mol. The summed E-state index contributed by atoms with van der Waals surface area (Å²) < 4.78 is 5.77. The van der Waals surface area contributed by atoms with E-state index in [1.165, 1.54) is 16.0 Å².